The summed E-state index contributed by atoms with van der Waals surface area (Å²) in [5, 5.41) is 8.34. The van der Waals surface area contributed by atoms with Gasteiger partial charge in [-0.05, 0) is 108 Å². The molecule has 0 aliphatic carbocycles. The largest absolute Gasteiger partial charge is 0.435 e. The van der Waals surface area contributed by atoms with Crippen LogP contribution < -0.4 is 0 Å². The Bertz CT molecular complexity index is 2320. The summed E-state index contributed by atoms with van der Waals surface area (Å²) in [6, 6.07) is 16.7. The highest BCUT2D eigenvalue weighted by Crippen LogP contribution is 2.45. The van der Waals surface area contributed by atoms with Crippen LogP contribution in [0.5, 0.6) is 0 Å². The summed E-state index contributed by atoms with van der Waals surface area (Å²) < 4.78 is 117. The van der Waals surface area contributed by atoms with Crippen molar-refractivity contribution < 1.29 is 49.0 Å². The van der Waals surface area contributed by atoms with Crippen molar-refractivity contribution in [3.8, 4) is 0 Å². The molecule has 6 heterocycles. The molecule has 4 aliphatic heterocycles. The van der Waals surface area contributed by atoms with Crippen molar-refractivity contribution in [3.63, 3.8) is 0 Å². The van der Waals surface area contributed by atoms with Gasteiger partial charge < -0.3 is 18.9 Å². The zero-order valence-electron chi connectivity index (χ0n) is 32.7. The molecule has 2 aromatic heterocycles. The lowest BCUT2D eigenvalue weighted by molar-refractivity contribution is -0.142. The van der Waals surface area contributed by atoms with Crippen LogP contribution in [0.1, 0.15) is 97.7 Å². The number of alkyl halides is 3. The molecule has 0 saturated carbocycles. The number of nitrogens with zero attached hydrogens (tertiary/aromatic N) is 4. The second-order valence-electron chi connectivity index (χ2n) is 16.1. The molecule has 0 bridgehead atoms. The average molecular weight is 835 g/mol. The van der Waals surface area contributed by atoms with E-state index in [1.807, 2.05) is 50.6 Å². The molecule has 4 aromatic rings. The van der Waals surface area contributed by atoms with Gasteiger partial charge in [-0.25, -0.2) is 16.8 Å². The van der Waals surface area contributed by atoms with E-state index < -0.39 is 47.1 Å². The molecule has 4 fully saturated rings. The molecule has 57 heavy (non-hydrogen) atoms. The van der Waals surface area contributed by atoms with Crippen LogP contribution in [-0.4, -0.2) is 85.5 Å². The quantitative estimate of drug-likeness (QED) is 0.182. The molecule has 0 radical (unpaired) electrons. The zero-order chi connectivity index (χ0) is 41.0. The third-order valence-corrected chi connectivity index (χ3v) is 16.7. The fourth-order valence-electron chi connectivity index (χ4n) is 7.82. The number of halogens is 3. The Morgan fingerprint density at radius 1 is 0.667 bits per heavy atom. The minimum Gasteiger partial charge on any atom is -0.377 e. The maximum Gasteiger partial charge on any atom is 0.435 e. The smallest absolute Gasteiger partial charge is 0.377 e. The van der Waals surface area contributed by atoms with E-state index in [0.717, 1.165) is 28.6 Å². The van der Waals surface area contributed by atoms with Gasteiger partial charge in [-0.3, -0.25) is 9.36 Å². The van der Waals surface area contributed by atoms with E-state index in [0.29, 0.717) is 37.6 Å². The fraction of sp³-hybridized carbons (Fsp3) is 0.550. The Hall–Kier alpha value is -3.61. The van der Waals surface area contributed by atoms with Gasteiger partial charge >= 0.3 is 6.18 Å². The number of aromatic nitrogens is 4. The average Bonchev–Trinajstić information content (AvgIpc) is 3.71. The highest BCUT2D eigenvalue weighted by Gasteiger charge is 2.48. The molecule has 2 aromatic carbocycles. The van der Waals surface area contributed by atoms with Crippen molar-refractivity contribution in [1.29, 1.82) is 0 Å². The van der Waals surface area contributed by atoms with Crippen molar-refractivity contribution in [2.45, 2.75) is 110 Å². The van der Waals surface area contributed by atoms with Gasteiger partial charge in [0.25, 0.3) is 0 Å². The lowest BCUT2D eigenvalue weighted by atomic mass is 9.94. The first-order chi connectivity index (χ1) is 26.8. The predicted octanol–water partition coefficient (Wildman–Crippen LogP) is 7.02. The van der Waals surface area contributed by atoms with Gasteiger partial charge in [0.15, 0.2) is 25.4 Å². The third kappa shape index (κ3) is 8.07. The second-order valence-corrected chi connectivity index (χ2v) is 21.0. The first-order valence-electron chi connectivity index (χ1n) is 19.1. The lowest BCUT2D eigenvalue weighted by Crippen LogP contribution is -2.43. The molecule has 310 valence electrons. The van der Waals surface area contributed by atoms with Crippen molar-refractivity contribution in [1.82, 2.24) is 19.6 Å². The molecule has 0 amide bonds. The van der Waals surface area contributed by atoms with Crippen molar-refractivity contribution in [2.24, 2.45) is 0 Å². The number of hydrogen-bond acceptors (Lipinski definition) is 10. The Morgan fingerprint density at radius 2 is 1.11 bits per heavy atom. The number of aryl methyl sites for hydroxylation is 3. The van der Waals surface area contributed by atoms with Crippen LogP contribution in [0.3, 0.4) is 0 Å². The monoisotopic (exact) mass is 834 g/mol. The van der Waals surface area contributed by atoms with E-state index in [1.54, 1.807) is 43.3 Å². The SMILES string of the molecule is Cc1cccc(S(=O)(=O)[C@@]2(C)CCO[C@H](c3cc(C)nn3C3COC3)C2)c1.Cc1cccc(S(=O)(=O)[C@]2(C)CCO[C@@H](c3cc(C(F)(F)F)nn3C3COC3)C2)c1. The zero-order valence-corrected chi connectivity index (χ0v) is 34.3. The molecule has 4 aliphatic rings. The Balaban J connectivity index is 0.000000175. The number of rotatable bonds is 8. The molecular weight excluding hydrogens is 786 g/mol. The summed E-state index contributed by atoms with van der Waals surface area (Å²) in [4.78, 5) is 0.602. The van der Waals surface area contributed by atoms with Gasteiger partial charge in [0, 0.05) is 13.2 Å². The van der Waals surface area contributed by atoms with Gasteiger partial charge in [0.1, 0.15) is 12.2 Å². The molecule has 8 rings (SSSR count). The summed E-state index contributed by atoms with van der Waals surface area (Å²) in [7, 11) is -7.21. The maximum atomic E-state index is 13.4. The second kappa shape index (κ2) is 15.5. The molecular formula is C40H49F3N4O8S2. The molecule has 0 spiro atoms. The summed E-state index contributed by atoms with van der Waals surface area (Å²) >= 11 is 0. The van der Waals surface area contributed by atoms with Gasteiger partial charge in [-0.2, -0.15) is 23.4 Å². The minimum absolute atomic E-state index is 0.0415. The lowest BCUT2D eigenvalue weighted by Gasteiger charge is -2.38. The van der Waals surface area contributed by atoms with Crippen molar-refractivity contribution >= 4 is 19.7 Å². The summed E-state index contributed by atoms with van der Waals surface area (Å²) in [6.07, 6.45) is -4.50. The van der Waals surface area contributed by atoms with E-state index in [9.17, 15) is 30.0 Å². The van der Waals surface area contributed by atoms with Gasteiger partial charge in [0.2, 0.25) is 0 Å². The Morgan fingerprint density at radius 3 is 1.51 bits per heavy atom. The summed E-state index contributed by atoms with van der Waals surface area (Å²) in [5.74, 6) is 0. The highest BCUT2D eigenvalue weighted by atomic mass is 32.2. The molecule has 4 atom stereocenters. The van der Waals surface area contributed by atoms with Gasteiger partial charge in [-0.15, -0.1) is 0 Å². The first kappa shape index (κ1) is 41.5. The van der Waals surface area contributed by atoms with Crippen LogP contribution in [0.2, 0.25) is 0 Å². The normalized spacial score (nSPS) is 26.2. The number of ether oxygens (including phenoxy) is 4. The number of sulfone groups is 2. The predicted molar refractivity (Wildman–Crippen MR) is 203 cm³/mol. The molecule has 12 nitrogen and oxygen atoms in total. The van der Waals surface area contributed by atoms with Crippen LogP contribution in [0.4, 0.5) is 13.2 Å². The maximum absolute atomic E-state index is 13.4. The topological polar surface area (TPSA) is 141 Å². The van der Waals surface area contributed by atoms with E-state index in [1.165, 1.54) is 4.68 Å². The van der Waals surface area contributed by atoms with Crippen molar-refractivity contribution in [2.75, 3.05) is 39.6 Å². The van der Waals surface area contributed by atoms with E-state index >= 15 is 0 Å². The van der Waals surface area contributed by atoms with E-state index in [-0.39, 0.29) is 61.4 Å². The molecule has 4 saturated heterocycles. The Labute approximate surface area is 331 Å². The summed E-state index contributed by atoms with van der Waals surface area (Å²) in [6.45, 7) is 11.5. The Kier molecular flexibility index (Phi) is 11.3. The number of benzene rings is 2. The van der Waals surface area contributed by atoms with Crippen LogP contribution in [-0.2, 0) is 44.8 Å². The third-order valence-electron chi connectivity index (χ3n) is 11.6. The standard InChI is InChI=1S/C20H23F3N2O4S.C20H26N2O4S/c1-13-4-3-5-15(8-13)30(26,27)19(2)6-7-29-17(10-19)16-9-18(20(21,22)23)24-25(16)14-11-28-12-14;1-14-5-4-6-17(9-14)27(23,24)20(3)7-8-26-19(11-20)18-10-15(2)21-22(18)16-12-25-13-16/h3-5,8-9,14,17H,6-7,10-12H2,1-2H3;4-6,9-10,16,19H,7-8,11-13H2,1-3H3/t17-,19-;19-,20-/m10/s1. The van der Waals surface area contributed by atoms with Crippen LogP contribution in [0.25, 0.3) is 0 Å². The summed E-state index contributed by atoms with van der Waals surface area (Å²) in [5.41, 5.74) is 2.85. The first-order valence-corrected chi connectivity index (χ1v) is 22.0. The van der Waals surface area contributed by atoms with E-state index in [4.69, 9.17) is 18.9 Å². The van der Waals surface area contributed by atoms with Gasteiger partial charge in [0.05, 0.1) is 74.9 Å². The van der Waals surface area contributed by atoms with Gasteiger partial charge in [-0.1, -0.05) is 24.3 Å². The highest BCUT2D eigenvalue weighted by molar-refractivity contribution is 7.93. The van der Waals surface area contributed by atoms with Crippen LogP contribution >= 0.6 is 0 Å². The van der Waals surface area contributed by atoms with E-state index in [2.05, 4.69) is 10.2 Å². The minimum atomic E-state index is -4.60. The fourth-order valence-corrected chi connectivity index (χ4v) is 11.6. The molecule has 0 N–H and O–H groups in total. The van der Waals surface area contributed by atoms with Crippen LogP contribution in [0.15, 0.2) is 70.5 Å². The van der Waals surface area contributed by atoms with Crippen molar-refractivity contribution in [3.05, 3.63) is 94.6 Å². The number of hydrogen-bond donors (Lipinski definition) is 0. The van der Waals surface area contributed by atoms with Crippen LogP contribution in [0, 0.1) is 20.8 Å². The molecule has 17 heteroatoms. The molecule has 0 unspecified atom stereocenters.